The Morgan fingerprint density at radius 3 is 1.23 bits per heavy atom. The van der Waals surface area contributed by atoms with Crippen molar-refractivity contribution in [2.24, 2.45) is 0 Å². The van der Waals surface area contributed by atoms with Crippen LogP contribution in [0, 0.1) is 0 Å². The quantitative estimate of drug-likeness (QED) is 0.0262. The first kappa shape index (κ1) is 57.7. The van der Waals surface area contributed by atoms with E-state index in [1.165, 1.54) is 0 Å². The summed E-state index contributed by atoms with van der Waals surface area (Å²) in [5.41, 5.74) is 0. The number of allylic oxidation sites excluding steroid dienone is 20. The second-order valence-electron chi connectivity index (χ2n) is 16.2. The highest BCUT2D eigenvalue weighted by molar-refractivity contribution is 5.70. The predicted octanol–water partition coefficient (Wildman–Crippen LogP) is 12.1. The summed E-state index contributed by atoms with van der Waals surface area (Å²) in [4.78, 5) is 36.9. The van der Waals surface area contributed by atoms with Crippen molar-refractivity contribution >= 4 is 17.9 Å². The first-order chi connectivity index (χ1) is 30.1. The molecule has 8 heteroatoms. The number of quaternary nitrogens is 1. The van der Waals surface area contributed by atoms with Crippen LogP contribution in [-0.2, 0) is 28.6 Å². The van der Waals surface area contributed by atoms with Crippen LogP contribution in [0.1, 0.15) is 149 Å². The molecule has 0 aliphatic rings. The van der Waals surface area contributed by atoms with Crippen LogP contribution in [0.15, 0.2) is 122 Å². The number of unbranched alkanes of at least 4 members (excludes halogenated alkanes) is 6. The van der Waals surface area contributed by atoms with E-state index in [-0.39, 0.29) is 49.1 Å². The average molecular weight is 860 g/mol. The highest BCUT2D eigenvalue weighted by atomic mass is 16.6. The molecule has 0 saturated heterocycles. The van der Waals surface area contributed by atoms with Gasteiger partial charge in [0.25, 0.3) is 0 Å². The smallest absolute Gasteiger partial charge is 0.306 e. The first-order valence-corrected chi connectivity index (χ1v) is 23.6. The minimum Gasteiger partial charge on any atom is -0.544 e. The Kier molecular flexibility index (Phi) is 40.4. The Morgan fingerprint density at radius 1 is 0.484 bits per heavy atom. The second-order valence-corrected chi connectivity index (χ2v) is 16.2. The normalized spacial score (nSPS) is 14.0. The minimum atomic E-state index is -1.14. The van der Waals surface area contributed by atoms with Crippen LogP contribution in [0.5, 0.6) is 0 Å². The number of carboxylic acid groups (broad SMARTS) is 1. The molecule has 2 atom stereocenters. The molecule has 0 aliphatic heterocycles. The molecule has 0 bridgehead atoms. The summed E-state index contributed by atoms with van der Waals surface area (Å²) in [6, 6.07) is -0.746. The fourth-order valence-corrected chi connectivity index (χ4v) is 6.00. The number of nitrogens with zero attached hydrogens (tertiary/aromatic N) is 1. The molecular formula is C54H85NO7. The van der Waals surface area contributed by atoms with Crippen LogP contribution in [0.3, 0.4) is 0 Å². The summed E-state index contributed by atoms with van der Waals surface area (Å²) < 4.78 is 17.1. The van der Waals surface area contributed by atoms with Crippen molar-refractivity contribution in [3.8, 4) is 0 Å². The van der Waals surface area contributed by atoms with Crippen molar-refractivity contribution in [2.45, 2.75) is 161 Å². The van der Waals surface area contributed by atoms with E-state index < -0.39 is 18.1 Å². The number of likely N-dealkylation sites (N-methyl/N-ethyl adjacent to an activating group) is 1. The maximum atomic E-state index is 12.8. The number of rotatable bonds is 40. The number of carboxylic acids is 1. The van der Waals surface area contributed by atoms with Crippen LogP contribution in [-0.4, -0.2) is 75.5 Å². The van der Waals surface area contributed by atoms with E-state index in [0.717, 1.165) is 109 Å². The molecule has 0 aliphatic carbocycles. The molecule has 0 fully saturated rings. The maximum Gasteiger partial charge on any atom is 0.306 e. The summed E-state index contributed by atoms with van der Waals surface area (Å²) in [6.45, 7) is 4.34. The molecule has 0 rings (SSSR count). The number of hydrogen-bond donors (Lipinski definition) is 0. The van der Waals surface area contributed by atoms with Gasteiger partial charge in [-0.3, -0.25) is 9.59 Å². The molecule has 0 spiro atoms. The van der Waals surface area contributed by atoms with Gasteiger partial charge in [-0.1, -0.05) is 148 Å². The van der Waals surface area contributed by atoms with Crippen molar-refractivity contribution in [3.63, 3.8) is 0 Å². The average Bonchev–Trinajstić information content (AvgIpc) is 3.23. The molecular weight excluding hydrogens is 775 g/mol. The van der Waals surface area contributed by atoms with E-state index in [1.54, 1.807) is 21.1 Å². The zero-order chi connectivity index (χ0) is 45.6. The molecule has 0 N–H and O–H groups in total. The van der Waals surface area contributed by atoms with Crippen molar-refractivity contribution in [2.75, 3.05) is 41.0 Å². The monoisotopic (exact) mass is 860 g/mol. The Labute approximate surface area is 378 Å². The van der Waals surface area contributed by atoms with Gasteiger partial charge >= 0.3 is 11.9 Å². The Balaban J connectivity index is 4.46. The van der Waals surface area contributed by atoms with E-state index in [1.807, 2.05) is 0 Å². The SMILES string of the molecule is CC/C=C/C/C=C/C/C=C/C/C=C/C/C=C/C/C=C/CCCCCC(=O)OC(COCCC(C(=O)[O-])[N+](C)(C)C)COC(=O)CCCCC/C=C/C/C=C/C/C=C/C/C=C/CC. The van der Waals surface area contributed by atoms with Gasteiger partial charge in [0.05, 0.1) is 40.3 Å². The molecule has 62 heavy (non-hydrogen) atoms. The lowest BCUT2D eigenvalue weighted by Gasteiger charge is -2.34. The van der Waals surface area contributed by atoms with Crippen LogP contribution in [0.4, 0.5) is 0 Å². The van der Waals surface area contributed by atoms with Gasteiger partial charge in [-0.2, -0.15) is 0 Å². The lowest BCUT2D eigenvalue weighted by molar-refractivity contribution is -0.889. The van der Waals surface area contributed by atoms with E-state index in [4.69, 9.17) is 14.2 Å². The number of carbonyl (C=O) groups excluding carboxylic acids is 3. The van der Waals surface area contributed by atoms with Gasteiger partial charge in [-0.05, 0) is 103 Å². The molecule has 2 unspecified atom stereocenters. The van der Waals surface area contributed by atoms with Crippen LogP contribution < -0.4 is 5.11 Å². The molecule has 0 aromatic rings. The molecule has 0 amide bonds. The molecule has 0 radical (unpaired) electrons. The third-order valence-corrected chi connectivity index (χ3v) is 9.59. The van der Waals surface area contributed by atoms with Gasteiger partial charge in [0, 0.05) is 19.3 Å². The number of aliphatic carboxylic acids is 1. The predicted molar refractivity (Wildman–Crippen MR) is 258 cm³/mol. The Hall–Kier alpha value is -4.27. The number of ether oxygens (including phenoxy) is 3. The molecule has 0 saturated carbocycles. The summed E-state index contributed by atoms with van der Waals surface area (Å²) in [5, 5.41) is 11.6. The van der Waals surface area contributed by atoms with Gasteiger partial charge in [-0.25, -0.2) is 0 Å². The van der Waals surface area contributed by atoms with Crippen molar-refractivity contribution in [3.05, 3.63) is 122 Å². The zero-order valence-electron chi connectivity index (χ0n) is 39.5. The highest BCUT2D eigenvalue weighted by Crippen LogP contribution is 2.11. The lowest BCUT2D eigenvalue weighted by Crippen LogP contribution is -2.55. The van der Waals surface area contributed by atoms with E-state index in [2.05, 4.69) is 135 Å². The number of hydrogen-bond acceptors (Lipinski definition) is 7. The van der Waals surface area contributed by atoms with E-state index in [9.17, 15) is 19.5 Å². The molecule has 0 heterocycles. The van der Waals surface area contributed by atoms with Crippen molar-refractivity contribution in [1.82, 2.24) is 0 Å². The maximum absolute atomic E-state index is 12.8. The van der Waals surface area contributed by atoms with Crippen LogP contribution in [0.2, 0.25) is 0 Å². The van der Waals surface area contributed by atoms with Crippen LogP contribution >= 0.6 is 0 Å². The summed E-state index contributed by atoms with van der Waals surface area (Å²) in [5.74, 6) is -1.84. The fraction of sp³-hybridized carbons (Fsp3) is 0.574. The third-order valence-electron chi connectivity index (χ3n) is 9.59. The largest absolute Gasteiger partial charge is 0.544 e. The molecule has 348 valence electrons. The van der Waals surface area contributed by atoms with Gasteiger partial charge < -0.3 is 28.6 Å². The van der Waals surface area contributed by atoms with Gasteiger partial charge in [0.15, 0.2) is 6.10 Å². The molecule has 8 nitrogen and oxygen atoms in total. The zero-order valence-corrected chi connectivity index (χ0v) is 39.5. The Morgan fingerprint density at radius 2 is 0.855 bits per heavy atom. The van der Waals surface area contributed by atoms with Gasteiger partial charge in [0.1, 0.15) is 12.6 Å². The fourth-order valence-electron chi connectivity index (χ4n) is 6.00. The highest BCUT2D eigenvalue weighted by Gasteiger charge is 2.25. The summed E-state index contributed by atoms with van der Waals surface area (Å²) >= 11 is 0. The Bertz CT molecular complexity index is 1420. The first-order valence-electron chi connectivity index (χ1n) is 23.6. The van der Waals surface area contributed by atoms with Crippen LogP contribution in [0.25, 0.3) is 0 Å². The topological polar surface area (TPSA) is 102 Å². The number of carbonyl (C=O) groups is 3. The lowest BCUT2D eigenvalue weighted by atomic mass is 10.1. The third kappa shape index (κ3) is 41.1. The molecule has 0 aromatic heterocycles. The summed E-state index contributed by atoms with van der Waals surface area (Å²) in [6.07, 6.45) is 60.8. The summed E-state index contributed by atoms with van der Waals surface area (Å²) in [7, 11) is 5.37. The van der Waals surface area contributed by atoms with Gasteiger partial charge in [-0.15, -0.1) is 0 Å². The van der Waals surface area contributed by atoms with E-state index in [0.29, 0.717) is 12.8 Å². The van der Waals surface area contributed by atoms with Crippen molar-refractivity contribution < 1.29 is 38.2 Å². The van der Waals surface area contributed by atoms with Crippen molar-refractivity contribution in [1.29, 1.82) is 0 Å². The van der Waals surface area contributed by atoms with Gasteiger partial charge in [0.2, 0.25) is 0 Å². The molecule has 0 aromatic carbocycles. The number of esters is 2. The minimum absolute atomic E-state index is 0.00742. The van der Waals surface area contributed by atoms with E-state index >= 15 is 0 Å². The standard InChI is InChI=1S/C54H85NO7/c1-6-8-10-12-14-16-18-20-22-24-25-26-27-28-29-31-33-35-37-39-41-43-45-53(57)62-50(48-60-47-46-51(54(58)59)55(3,4)5)49-61-52(56)44-42-40-38-36-34-32-30-23-21-19-17-15-13-11-9-7-2/h8-11,14-17,20-23,25-26,28-29,32-35,50-51H,6-7,12-13,18-19,24,27,30-31,36-49H2,1-5H3/b10-8+,11-9+,16-14+,17-15+,22-20+,23-21+,26-25+,29-28+,34-32+,35-33+. The second kappa shape index (κ2) is 43.4.